The number of nitrogens with one attached hydrogen (secondary N) is 1. The fourth-order valence-corrected chi connectivity index (χ4v) is 3.46. The zero-order valence-corrected chi connectivity index (χ0v) is 16.6. The van der Waals surface area contributed by atoms with Gasteiger partial charge in [0, 0.05) is 42.1 Å². The number of aromatic nitrogens is 4. The van der Waals surface area contributed by atoms with Crippen LogP contribution >= 0.6 is 0 Å². The molecule has 0 fully saturated rings. The molecule has 6 nitrogen and oxygen atoms in total. The normalized spacial score (nSPS) is 11.0. The van der Waals surface area contributed by atoms with Gasteiger partial charge in [-0.15, -0.1) is 0 Å². The summed E-state index contributed by atoms with van der Waals surface area (Å²) in [7, 11) is 0. The van der Waals surface area contributed by atoms with E-state index in [2.05, 4.69) is 21.5 Å². The van der Waals surface area contributed by atoms with Crippen molar-refractivity contribution in [3.63, 3.8) is 0 Å². The minimum atomic E-state index is -0.0905. The van der Waals surface area contributed by atoms with Crippen molar-refractivity contribution in [2.45, 2.75) is 26.8 Å². The van der Waals surface area contributed by atoms with Crippen LogP contribution in [0.15, 0.2) is 60.9 Å². The molecule has 3 aromatic heterocycles. The lowest BCUT2D eigenvalue weighted by atomic mass is 10.0. The molecule has 0 atom stereocenters. The highest BCUT2D eigenvalue weighted by molar-refractivity contribution is 6.07. The summed E-state index contributed by atoms with van der Waals surface area (Å²) in [5.41, 5.74) is 5.28. The van der Waals surface area contributed by atoms with Crippen LogP contribution in [0.25, 0.3) is 22.2 Å². The first-order valence-corrected chi connectivity index (χ1v) is 9.71. The number of benzene rings is 1. The maximum absolute atomic E-state index is 13.0. The summed E-state index contributed by atoms with van der Waals surface area (Å²) in [6.45, 7) is 5.39. The number of hydrogen-bond donors (Lipinski definition) is 1. The van der Waals surface area contributed by atoms with Gasteiger partial charge in [-0.05, 0) is 50.6 Å². The molecule has 29 heavy (non-hydrogen) atoms. The number of aryl methyl sites for hydroxylation is 3. The van der Waals surface area contributed by atoms with Gasteiger partial charge in [0.15, 0.2) is 0 Å². The zero-order chi connectivity index (χ0) is 20.2. The second kappa shape index (κ2) is 8.22. The summed E-state index contributed by atoms with van der Waals surface area (Å²) in [6.07, 6.45) is 4.27. The van der Waals surface area contributed by atoms with Crippen LogP contribution in [0.2, 0.25) is 0 Å². The van der Waals surface area contributed by atoms with Crippen molar-refractivity contribution in [1.29, 1.82) is 0 Å². The molecule has 146 valence electrons. The second-order valence-electron chi connectivity index (χ2n) is 7.07. The van der Waals surface area contributed by atoms with Crippen LogP contribution in [0.4, 0.5) is 0 Å². The van der Waals surface area contributed by atoms with E-state index in [1.54, 1.807) is 12.4 Å². The van der Waals surface area contributed by atoms with E-state index in [4.69, 9.17) is 4.98 Å². The molecule has 4 rings (SSSR count). The Morgan fingerprint density at radius 3 is 2.62 bits per heavy atom. The number of rotatable bonds is 6. The molecule has 3 heterocycles. The first-order valence-electron chi connectivity index (χ1n) is 9.71. The van der Waals surface area contributed by atoms with E-state index in [0.717, 1.165) is 46.5 Å². The standard InChI is InChI=1S/C23H23N5O/c1-16-14-17(2)28(27-16)13-5-10-25-23(29)20-15-22(18-8-11-24-12-9-18)26-21-7-4-3-6-19(20)21/h3-4,6-9,11-12,14-15H,5,10,13H2,1-2H3,(H,25,29). The van der Waals surface area contributed by atoms with Crippen molar-refractivity contribution in [2.75, 3.05) is 6.54 Å². The molecule has 0 saturated heterocycles. The monoisotopic (exact) mass is 385 g/mol. The fraction of sp³-hybridized carbons (Fsp3) is 0.217. The van der Waals surface area contributed by atoms with Crippen LogP contribution in [-0.4, -0.2) is 32.2 Å². The largest absolute Gasteiger partial charge is 0.352 e. The van der Waals surface area contributed by atoms with Crippen molar-refractivity contribution in [1.82, 2.24) is 25.1 Å². The third kappa shape index (κ3) is 4.16. The van der Waals surface area contributed by atoms with Crippen LogP contribution in [0.3, 0.4) is 0 Å². The summed E-state index contributed by atoms with van der Waals surface area (Å²) in [6, 6.07) is 15.4. The summed E-state index contributed by atoms with van der Waals surface area (Å²) in [5.74, 6) is -0.0905. The van der Waals surface area contributed by atoms with Gasteiger partial charge in [0.25, 0.3) is 5.91 Å². The Bertz CT molecular complexity index is 1150. The van der Waals surface area contributed by atoms with Crippen molar-refractivity contribution >= 4 is 16.8 Å². The predicted molar refractivity (Wildman–Crippen MR) is 114 cm³/mol. The Labute approximate surface area is 169 Å². The molecule has 1 amide bonds. The average molecular weight is 385 g/mol. The molecule has 0 spiro atoms. The smallest absolute Gasteiger partial charge is 0.252 e. The number of hydrogen-bond acceptors (Lipinski definition) is 4. The van der Waals surface area contributed by atoms with E-state index in [0.29, 0.717) is 12.1 Å². The third-order valence-electron chi connectivity index (χ3n) is 4.87. The third-order valence-corrected chi connectivity index (χ3v) is 4.87. The van der Waals surface area contributed by atoms with Crippen molar-refractivity contribution in [3.05, 3.63) is 77.9 Å². The molecule has 6 heteroatoms. The van der Waals surface area contributed by atoms with E-state index in [1.807, 2.05) is 61.0 Å². The van der Waals surface area contributed by atoms with Gasteiger partial charge in [-0.3, -0.25) is 14.5 Å². The molecule has 0 aliphatic heterocycles. The number of pyridine rings is 2. The highest BCUT2D eigenvalue weighted by atomic mass is 16.1. The van der Waals surface area contributed by atoms with Crippen molar-refractivity contribution in [2.24, 2.45) is 0 Å². The minimum Gasteiger partial charge on any atom is -0.352 e. The first kappa shape index (κ1) is 18.8. The molecule has 1 N–H and O–H groups in total. The van der Waals surface area contributed by atoms with Crippen molar-refractivity contribution in [3.8, 4) is 11.3 Å². The van der Waals surface area contributed by atoms with Crippen LogP contribution in [0.5, 0.6) is 0 Å². The topological polar surface area (TPSA) is 72.7 Å². The van der Waals surface area contributed by atoms with E-state index in [9.17, 15) is 4.79 Å². The van der Waals surface area contributed by atoms with E-state index in [1.165, 1.54) is 0 Å². The van der Waals surface area contributed by atoms with Crippen LogP contribution in [0, 0.1) is 13.8 Å². The van der Waals surface area contributed by atoms with Crippen molar-refractivity contribution < 1.29 is 4.79 Å². The number of fused-ring (bicyclic) bond motifs is 1. The Morgan fingerprint density at radius 1 is 1.07 bits per heavy atom. The quantitative estimate of drug-likeness (QED) is 0.511. The van der Waals surface area contributed by atoms with Crippen LogP contribution < -0.4 is 5.32 Å². The van der Waals surface area contributed by atoms with Crippen LogP contribution in [-0.2, 0) is 6.54 Å². The Morgan fingerprint density at radius 2 is 1.86 bits per heavy atom. The molecule has 4 aromatic rings. The SMILES string of the molecule is Cc1cc(C)n(CCCNC(=O)c2cc(-c3ccncc3)nc3ccccc23)n1. The first-order chi connectivity index (χ1) is 14.1. The fourth-order valence-electron chi connectivity index (χ4n) is 3.46. The lowest BCUT2D eigenvalue weighted by Crippen LogP contribution is -2.26. The van der Waals surface area contributed by atoms with Crippen LogP contribution in [0.1, 0.15) is 28.2 Å². The Hall–Kier alpha value is -3.54. The summed E-state index contributed by atoms with van der Waals surface area (Å²) >= 11 is 0. The predicted octanol–water partition coefficient (Wildman–Crippen LogP) is 3.93. The van der Waals surface area contributed by atoms with E-state index in [-0.39, 0.29) is 5.91 Å². The highest BCUT2D eigenvalue weighted by Gasteiger charge is 2.13. The minimum absolute atomic E-state index is 0.0905. The van der Waals surface area contributed by atoms with Gasteiger partial charge in [-0.1, -0.05) is 18.2 Å². The van der Waals surface area contributed by atoms with Gasteiger partial charge in [0.1, 0.15) is 0 Å². The second-order valence-corrected chi connectivity index (χ2v) is 7.07. The number of para-hydroxylation sites is 1. The molecular formula is C23H23N5O. The lowest BCUT2D eigenvalue weighted by Gasteiger charge is -2.11. The molecule has 0 saturated carbocycles. The maximum atomic E-state index is 13.0. The number of carbonyl (C=O) groups is 1. The maximum Gasteiger partial charge on any atom is 0.252 e. The van der Waals surface area contributed by atoms with Gasteiger partial charge in [-0.25, -0.2) is 4.98 Å². The van der Waals surface area contributed by atoms with Gasteiger partial charge in [0.05, 0.1) is 22.5 Å². The Kier molecular flexibility index (Phi) is 5.33. The summed E-state index contributed by atoms with van der Waals surface area (Å²) < 4.78 is 1.98. The summed E-state index contributed by atoms with van der Waals surface area (Å²) in [4.78, 5) is 21.7. The Balaban J connectivity index is 1.52. The zero-order valence-electron chi connectivity index (χ0n) is 16.6. The molecule has 0 radical (unpaired) electrons. The number of nitrogens with zero attached hydrogens (tertiary/aromatic N) is 4. The molecule has 1 aromatic carbocycles. The van der Waals surface area contributed by atoms with E-state index < -0.39 is 0 Å². The lowest BCUT2D eigenvalue weighted by molar-refractivity contribution is 0.0954. The highest BCUT2D eigenvalue weighted by Crippen LogP contribution is 2.24. The van der Waals surface area contributed by atoms with Gasteiger partial charge >= 0.3 is 0 Å². The molecular weight excluding hydrogens is 362 g/mol. The molecule has 0 aliphatic carbocycles. The molecule has 0 bridgehead atoms. The summed E-state index contributed by atoms with van der Waals surface area (Å²) in [5, 5.41) is 8.36. The molecule has 0 aliphatic rings. The number of amides is 1. The molecule has 0 unspecified atom stereocenters. The number of carbonyl (C=O) groups excluding carboxylic acids is 1. The van der Waals surface area contributed by atoms with Gasteiger partial charge in [0.2, 0.25) is 0 Å². The average Bonchev–Trinajstić information content (AvgIpc) is 3.07. The van der Waals surface area contributed by atoms with Gasteiger partial charge < -0.3 is 5.32 Å². The van der Waals surface area contributed by atoms with Gasteiger partial charge in [-0.2, -0.15) is 5.10 Å². The van der Waals surface area contributed by atoms with E-state index >= 15 is 0 Å².